The Morgan fingerprint density at radius 1 is 1.05 bits per heavy atom. The first-order valence-corrected chi connectivity index (χ1v) is 14.5. The van der Waals surface area contributed by atoms with Crippen molar-refractivity contribution in [2.45, 2.75) is 25.8 Å². The van der Waals surface area contributed by atoms with Gasteiger partial charge in [-0.25, -0.2) is 23.4 Å². The molecule has 3 N–H and O–H groups in total. The Bertz CT molecular complexity index is 1560. The number of aryl methyl sites for hydroxylation is 1. The summed E-state index contributed by atoms with van der Waals surface area (Å²) in [6.45, 7) is 3.95. The van der Waals surface area contributed by atoms with Crippen LogP contribution in [0.1, 0.15) is 18.4 Å². The number of rotatable bonds is 10. The maximum Gasteiger partial charge on any atom is 0.235 e. The number of nitrogens with one attached hydrogen (secondary N) is 3. The third-order valence-corrected chi connectivity index (χ3v) is 7.80. The SMILES string of the molecule is COCCS(=O)(=O)Nc1cccc2c(Oc3ncccc3-c3ccnc(NC4CCCNC4)n3)c(C)ccc12. The van der Waals surface area contributed by atoms with Crippen molar-refractivity contribution >= 4 is 32.4 Å². The van der Waals surface area contributed by atoms with Crippen LogP contribution in [0.3, 0.4) is 0 Å². The smallest absolute Gasteiger partial charge is 0.235 e. The van der Waals surface area contributed by atoms with E-state index in [-0.39, 0.29) is 18.4 Å². The summed E-state index contributed by atoms with van der Waals surface area (Å²) >= 11 is 0. The molecular formula is C28H32N6O4S. The molecule has 3 heterocycles. The molecule has 1 aliphatic rings. The summed E-state index contributed by atoms with van der Waals surface area (Å²) in [5.74, 6) is 1.40. The highest BCUT2D eigenvalue weighted by molar-refractivity contribution is 7.92. The fourth-order valence-corrected chi connectivity index (χ4v) is 5.58. The first-order chi connectivity index (χ1) is 18.9. The van der Waals surface area contributed by atoms with Gasteiger partial charge in [0, 0.05) is 42.9 Å². The molecule has 204 valence electrons. The summed E-state index contributed by atoms with van der Waals surface area (Å²) in [4.78, 5) is 13.7. The Morgan fingerprint density at radius 2 is 1.95 bits per heavy atom. The molecule has 1 fully saturated rings. The minimum atomic E-state index is -3.58. The second kappa shape index (κ2) is 11.9. The molecule has 0 bridgehead atoms. The lowest BCUT2D eigenvalue weighted by atomic mass is 10.0. The molecule has 1 saturated heterocycles. The molecule has 0 saturated carbocycles. The van der Waals surface area contributed by atoms with Crippen LogP contribution in [0, 0.1) is 6.92 Å². The largest absolute Gasteiger partial charge is 0.437 e. The van der Waals surface area contributed by atoms with E-state index in [1.165, 1.54) is 7.11 Å². The van der Waals surface area contributed by atoms with Gasteiger partial charge in [0.05, 0.1) is 29.3 Å². The van der Waals surface area contributed by atoms with Gasteiger partial charge in [-0.3, -0.25) is 4.72 Å². The maximum absolute atomic E-state index is 12.5. The van der Waals surface area contributed by atoms with Crippen molar-refractivity contribution in [3.63, 3.8) is 0 Å². The van der Waals surface area contributed by atoms with E-state index in [4.69, 9.17) is 14.5 Å². The third kappa shape index (κ3) is 6.44. The van der Waals surface area contributed by atoms with E-state index in [1.54, 1.807) is 24.5 Å². The maximum atomic E-state index is 12.5. The minimum absolute atomic E-state index is 0.105. The molecule has 2 aromatic carbocycles. The number of benzene rings is 2. The molecule has 0 amide bonds. The van der Waals surface area contributed by atoms with Crippen molar-refractivity contribution in [3.8, 4) is 22.9 Å². The van der Waals surface area contributed by atoms with Crippen molar-refractivity contribution < 1.29 is 17.9 Å². The zero-order valence-electron chi connectivity index (χ0n) is 22.0. The van der Waals surface area contributed by atoms with Gasteiger partial charge >= 0.3 is 0 Å². The van der Waals surface area contributed by atoms with Crippen molar-refractivity contribution in [2.75, 3.05) is 42.6 Å². The normalized spacial score (nSPS) is 15.7. The summed E-state index contributed by atoms with van der Waals surface area (Å²) in [7, 11) is -2.11. The molecule has 39 heavy (non-hydrogen) atoms. The van der Waals surface area contributed by atoms with Gasteiger partial charge < -0.3 is 20.1 Å². The summed E-state index contributed by atoms with van der Waals surface area (Å²) < 4.78 is 39.2. The highest BCUT2D eigenvalue weighted by Gasteiger charge is 2.18. The molecule has 0 radical (unpaired) electrons. The lowest BCUT2D eigenvalue weighted by molar-refractivity contribution is 0.217. The van der Waals surface area contributed by atoms with Gasteiger partial charge in [0.1, 0.15) is 5.75 Å². The second-order valence-electron chi connectivity index (χ2n) is 9.44. The number of piperidine rings is 1. The summed E-state index contributed by atoms with van der Waals surface area (Å²) in [5, 5.41) is 8.28. The molecule has 4 aromatic rings. The predicted octanol–water partition coefficient (Wildman–Crippen LogP) is 4.34. The zero-order valence-corrected chi connectivity index (χ0v) is 22.8. The van der Waals surface area contributed by atoms with E-state index in [0.29, 0.717) is 34.3 Å². The van der Waals surface area contributed by atoms with E-state index in [2.05, 4.69) is 25.3 Å². The van der Waals surface area contributed by atoms with Crippen LogP contribution in [0.5, 0.6) is 11.6 Å². The number of nitrogens with zero attached hydrogens (tertiary/aromatic N) is 3. The molecule has 10 nitrogen and oxygen atoms in total. The van der Waals surface area contributed by atoms with Crippen LogP contribution in [-0.2, 0) is 14.8 Å². The van der Waals surface area contributed by atoms with Gasteiger partial charge in [0.25, 0.3) is 0 Å². The van der Waals surface area contributed by atoms with Gasteiger partial charge in [-0.05, 0) is 56.1 Å². The lowest BCUT2D eigenvalue weighted by Crippen LogP contribution is -2.38. The van der Waals surface area contributed by atoms with Crippen LogP contribution in [0.4, 0.5) is 11.6 Å². The van der Waals surface area contributed by atoms with Gasteiger partial charge in [-0.15, -0.1) is 0 Å². The average Bonchev–Trinajstić information content (AvgIpc) is 2.94. The Balaban J connectivity index is 1.47. The number of pyridine rings is 1. The number of methoxy groups -OCH3 is 1. The lowest BCUT2D eigenvalue weighted by Gasteiger charge is -2.23. The van der Waals surface area contributed by atoms with Crippen LogP contribution >= 0.6 is 0 Å². The van der Waals surface area contributed by atoms with Crippen LogP contribution in [-0.4, -0.2) is 62.0 Å². The molecule has 2 aromatic heterocycles. The van der Waals surface area contributed by atoms with Crippen LogP contribution in [0.25, 0.3) is 22.0 Å². The minimum Gasteiger partial charge on any atom is -0.437 e. The van der Waals surface area contributed by atoms with Gasteiger partial charge in [0.2, 0.25) is 21.9 Å². The summed E-state index contributed by atoms with van der Waals surface area (Å²) in [5.41, 5.74) is 2.76. The summed E-state index contributed by atoms with van der Waals surface area (Å²) in [6.07, 6.45) is 5.57. The monoisotopic (exact) mass is 548 g/mol. The van der Waals surface area contributed by atoms with Crippen LogP contribution in [0.15, 0.2) is 60.9 Å². The molecule has 1 atom stereocenters. The number of ether oxygens (including phenoxy) is 2. The number of anilines is 2. The molecule has 0 aliphatic carbocycles. The number of fused-ring (bicyclic) bond motifs is 1. The van der Waals surface area contributed by atoms with Gasteiger partial charge in [-0.1, -0.05) is 24.3 Å². The average molecular weight is 549 g/mol. The van der Waals surface area contributed by atoms with E-state index in [0.717, 1.165) is 42.4 Å². The summed E-state index contributed by atoms with van der Waals surface area (Å²) in [6, 6.07) is 15.1. The van der Waals surface area contributed by atoms with Crippen molar-refractivity contribution in [2.24, 2.45) is 0 Å². The standard InChI is InChI=1S/C28H32N6O4S/c1-19-10-11-21-22(7-3-9-25(21)34-39(35,36)17-16-37-2)26(19)38-27-23(8-5-14-30-27)24-12-15-31-28(33-24)32-20-6-4-13-29-18-20/h3,5,7-12,14-15,20,29,34H,4,6,13,16-18H2,1-2H3,(H,31,32,33). The zero-order chi connectivity index (χ0) is 27.2. The van der Waals surface area contributed by atoms with Gasteiger partial charge in [0.15, 0.2) is 0 Å². The Hall–Kier alpha value is -3.80. The molecular weight excluding hydrogens is 516 g/mol. The highest BCUT2D eigenvalue weighted by atomic mass is 32.2. The fraction of sp³-hybridized carbons (Fsp3) is 0.321. The third-order valence-electron chi connectivity index (χ3n) is 6.56. The quantitative estimate of drug-likeness (QED) is 0.265. The Kier molecular flexibility index (Phi) is 8.20. The number of hydrogen-bond donors (Lipinski definition) is 3. The second-order valence-corrected chi connectivity index (χ2v) is 11.3. The van der Waals surface area contributed by atoms with Crippen LogP contribution < -0.4 is 20.1 Å². The Labute approximate surface area is 228 Å². The number of hydrogen-bond acceptors (Lipinski definition) is 9. The Morgan fingerprint density at radius 3 is 2.77 bits per heavy atom. The molecule has 11 heteroatoms. The van der Waals surface area contributed by atoms with Crippen molar-refractivity contribution in [1.29, 1.82) is 0 Å². The van der Waals surface area contributed by atoms with E-state index in [9.17, 15) is 8.42 Å². The molecule has 5 rings (SSSR count). The van der Waals surface area contributed by atoms with E-state index in [1.807, 2.05) is 43.3 Å². The van der Waals surface area contributed by atoms with Crippen molar-refractivity contribution in [3.05, 3.63) is 66.5 Å². The first-order valence-electron chi connectivity index (χ1n) is 12.9. The van der Waals surface area contributed by atoms with Crippen molar-refractivity contribution in [1.82, 2.24) is 20.3 Å². The van der Waals surface area contributed by atoms with Gasteiger partial charge in [-0.2, -0.15) is 0 Å². The molecule has 1 aliphatic heterocycles. The number of aromatic nitrogens is 3. The topological polar surface area (TPSA) is 127 Å². The predicted molar refractivity (Wildman–Crippen MR) is 153 cm³/mol. The van der Waals surface area contributed by atoms with E-state index < -0.39 is 10.0 Å². The highest BCUT2D eigenvalue weighted by Crippen LogP contribution is 2.38. The molecule has 1 unspecified atom stereocenters. The fourth-order valence-electron chi connectivity index (χ4n) is 4.57. The first kappa shape index (κ1) is 26.8. The van der Waals surface area contributed by atoms with E-state index >= 15 is 0 Å². The van der Waals surface area contributed by atoms with Crippen LogP contribution in [0.2, 0.25) is 0 Å². The molecule has 0 spiro atoms. The number of sulfonamides is 1.